The van der Waals surface area contributed by atoms with Crippen LogP contribution in [0.4, 0.5) is 11.4 Å². The standard InChI is InChI=1S/C19H23ClN2O2/c1-14(2)11-12-24-16-9-7-15(8-10-16)21-13-19(23)22-18-6-4-3-5-17(18)20/h3-10,14,21H,11-13H2,1-2H3,(H,22,23). The zero-order valence-electron chi connectivity index (χ0n) is 14.0. The molecule has 0 fully saturated rings. The summed E-state index contributed by atoms with van der Waals surface area (Å²) in [7, 11) is 0. The third-order valence-electron chi connectivity index (χ3n) is 3.42. The van der Waals surface area contributed by atoms with Crippen molar-refractivity contribution < 1.29 is 9.53 Å². The Morgan fingerprint density at radius 3 is 2.50 bits per heavy atom. The first-order chi connectivity index (χ1) is 11.5. The van der Waals surface area contributed by atoms with Crippen LogP contribution in [0.25, 0.3) is 0 Å². The zero-order chi connectivity index (χ0) is 17.4. The predicted octanol–water partition coefficient (Wildman–Crippen LogP) is 4.82. The van der Waals surface area contributed by atoms with Crippen molar-refractivity contribution in [3.05, 3.63) is 53.6 Å². The Labute approximate surface area is 148 Å². The minimum atomic E-state index is -0.152. The Kier molecular flexibility index (Phi) is 6.94. The van der Waals surface area contributed by atoms with Crippen LogP contribution in [0.15, 0.2) is 48.5 Å². The number of hydrogen-bond acceptors (Lipinski definition) is 3. The number of carbonyl (C=O) groups excluding carboxylic acids is 1. The number of hydrogen-bond donors (Lipinski definition) is 2. The first-order valence-electron chi connectivity index (χ1n) is 8.05. The number of anilines is 2. The van der Waals surface area contributed by atoms with Crippen LogP contribution in [0.3, 0.4) is 0 Å². The highest BCUT2D eigenvalue weighted by atomic mass is 35.5. The highest BCUT2D eigenvalue weighted by molar-refractivity contribution is 6.33. The predicted molar refractivity (Wildman–Crippen MR) is 100.0 cm³/mol. The minimum absolute atomic E-state index is 0.152. The number of rotatable bonds is 8. The molecule has 5 heteroatoms. The van der Waals surface area contributed by atoms with Gasteiger partial charge in [0.15, 0.2) is 0 Å². The number of amides is 1. The molecule has 0 unspecified atom stereocenters. The average molecular weight is 347 g/mol. The monoisotopic (exact) mass is 346 g/mol. The number of ether oxygens (including phenoxy) is 1. The summed E-state index contributed by atoms with van der Waals surface area (Å²) in [6.45, 7) is 5.22. The van der Waals surface area contributed by atoms with Crippen LogP contribution in [-0.4, -0.2) is 19.1 Å². The van der Waals surface area contributed by atoms with Gasteiger partial charge < -0.3 is 15.4 Å². The van der Waals surface area contributed by atoms with E-state index in [0.717, 1.165) is 17.9 Å². The second kappa shape index (κ2) is 9.18. The number of nitrogens with one attached hydrogen (secondary N) is 2. The summed E-state index contributed by atoms with van der Waals surface area (Å²) in [5.74, 6) is 1.31. The zero-order valence-corrected chi connectivity index (χ0v) is 14.8. The third kappa shape index (κ3) is 6.13. The van der Waals surface area contributed by atoms with Gasteiger partial charge in [-0.2, -0.15) is 0 Å². The van der Waals surface area contributed by atoms with Crippen molar-refractivity contribution in [1.82, 2.24) is 0 Å². The molecular formula is C19H23ClN2O2. The van der Waals surface area contributed by atoms with Gasteiger partial charge in [-0.05, 0) is 48.7 Å². The lowest BCUT2D eigenvalue weighted by molar-refractivity contribution is -0.114. The molecule has 0 atom stereocenters. The van der Waals surface area contributed by atoms with Crippen LogP contribution in [0, 0.1) is 5.92 Å². The summed E-state index contributed by atoms with van der Waals surface area (Å²) < 4.78 is 5.67. The van der Waals surface area contributed by atoms with E-state index >= 15 is 0 Å². The first kappa shape index (κ1) is 18.1. The Morgan fingerprint density at radius 1 is 1.12 bits per heavy atom. The molecule has 2 aromatic rings. The Balaban J connectivity index is 1.77. The largest absolute Gasteiger partial charge is 0.494 e. The van der Waals surface area contributed by atoms with Gasteiger partial charge in [-0.1, -0.05) is 37.6 Å². The van der Waals surface area contributed by atoms with Crippen LogP contribution in [-0.2, 0) is 4.79 Å². The van der Waals surface area contributed by atoms with Crippen molar-refractivity contribution in [2.24, 2.45) is 5.92 Å². The molecule has 24 heavy (non-hydrogen) atoms. The van der Waals surface area contributed by atoms with Crippen molar-refractivity contribution >= 4 is 28.9 Å². The Morgan fingerprint density at radius 2 is 1.83 bits per heavy atom. The van der Waals surface area contributed by atoms with Crippen LogP contribution in [0.2, 0.25) is 5.02 Å². The third-order valence-corrected chi connectivity index (χ3v) is 3.75. The summed E-state index contributed by atoms with van der Waals surface area (Å²) in [6.07, 6.45) is 1.03. The first-order valence-corrected chi connectivity index (χ1v) is 8.43. The number of para-hydroxylation sites is 1. The Hall–Kier alpha value is -2.20. The normalized spacial score (nSPS) is 10.5. The van der Waals surface area contributed by atoms with Crippen molar-refractivity contribution in [1.29, 1.82) is 0 Å². The van der Waals surface area contributed by atoms with Crippen LogP contribution >= 0.6 is 11.6 Å². The molecule has 0 aliphatic carbocycles. The molecule has 0 aliphatic rings. The second-order valence-corrected chi connectivity index (χ2v) is 6.34. The van der Waals surface area contributed by atoms with Crippen LogP contribution < -0.4 is 15.4 Å². The van der Waals surface area contributed by atoms with Gasteiger partial charge in [0.25, 0.3) is 0 Å². The second-order valence-electron chi connectivity index (χ2n) is 5.94. The number of halogens is 1. The quantitative estimate of drug-likeness (QED) is 0.720. The van der Waals surface area contributed by atoms with Crippen molar-refractivity contribution in [2.75, 3.05) is 23.8 Å². The van der Waals surface area contributed by atoms with E-state index < -0.39 is 0 Å². The van der Waals surface area contributed by atoms with E-state index in [1.54, 1.807) is 12.1 Å². The molecule has 0 heterocycles. The topological polar surface area (TPSA) is 50.4 Å². The molecule has 0 radical (unpaired) electrons. The van der Waals surface area contributed by atoms with Gasteiger partial charge in [-0.25, -0.2) is 0 Å². The lowest BCUT2D eigenvalue weighted by Gasteiger charge is -2.11. The van der Waals surface area contributed by atoms with E-state index in [1.165, 1.54) is 0 Å². The van der Waals surface area contributed by atoms with Crippen molar-refractivity contribution in [2.45, 2.75) is 20.3 Å². The molecule has 0 aliphatic heterocycles. The van der Waals surface area contributed by atoms with Crippen molar-refractivity contribution in [3.8, 4) is 5.75 Å². The molecule has 4 nitrogen and oxygen atoms in total. The molecule has 0 saturated carbocycles. The fourth-order valence-corrected chi connectivity index (χ4v) is 2.20. The van der Waals surface area contributed by atoms with E-state index in [9.17, 15) is 4.79 Å². The van der Waals surface area contributed by atoms with Gasteiger partial charge in [-0.3, -0.25) is 4.79 Å². The van der Waals surface area contributed by atoms with Gasteiger partial charge in [0.1, 0.15) is 5.75 Å². The summed E-state index contributed by atoms with van der Waals surface area (Å²) in [5, 5.41) is 6.37. The molecule has 2 aromatic carbocycles. The maximum atomic E-state index is 12.0. The maximum Gasteiger partial charge on any atom is 0.243 e. The summed E-state index contributed by atoms with van der Waals surface area (Å²) in [6, 6.07) is 14.7. The highest BCUT2D eigenvalue weighted by Gasteiger charge is 2.05. The molecule has 128 valence electrons. The highest BCUT2D eigenvalue weighted by Crippen LogP contribution is 2.20. The smallest absolute Gasteiger partial charge is 0.243 e. The SMILES string of the molecule is CC(C)CCOc1ccc(NCC(=O)Nc2ccccc2Cl)cc1. The maximum absolute atomic E-state index is 12.0. The fraction of sp³-hybridized carbons (Fsp3) is 0.316. The van der Waals surface area contributed by atoms with Gasteiger partial charge in [-0.15, -0.1) is 0 Å². The lowest BCUT2D eigenvalue weighted by Crippen LogP contribution is -2.21. The van der Waals surface area contributed by atoms with E-state index in [2.05, 4.69) is 24.5 Å². The molecular weight excluding hydrogens is 324 g/mol. The fourth-order valence-electron chi connectivity index (χ4n) is 2.02. The molecule has 1 amide bonds. The molecule has 2 N–H and O–H groups in total. The Bertz CT molecular complexity index is 657. The molecule has 0 saturated heterocycles. The molecule has 2 rings (SSSR count). The molecule has 0 spiro atoms. The summed E-state index contributed by atoms with van der Waals surface area (Å²) in [5.41, 5.74) is 1.47. The summed E-state index contributed by atoms with van der Waals surface area (Å²) >= 11 is 6.01. The van der Waals surface area contributed by atoms with Gasteiger partial charge in [0.05, 0.1) is 23.9 Å². The number of benzene rings is 2. The molecule has 0 aromatic heterocycles. The van der Waals surface area contributed by atoms with Crippen molar-refractivity contribution in [3.63, 3.8) is 0 Å². The van der Waals surface area contributed by atoms with Gasteiger partial charge in [0.2, 0.25) is 5.91 Å². The van der Waals surface area contributed by atoms with E-state index in [0.29, 0.717) is 23.2 Å². The number of carbonyl (C=O) groups is 1. The lowest BCUT2D eigenvalue weighted by atomic mass is 10.1. The van der Waals surface area contributed by atoms with Gasteiger partial charge >= 0.3 is 0 Å². The van der Waals surface area contributed by atoms with Crippen LogP contribution in [0.1, 0.15) is 20.3 Å². The minimum Gasteiger partial charge on any atom is -0.494 e. The van der Waals surface area contributed by atoms with Gasteiger partial charge in [0, 0.05) is 5.69 Å². The van der Waals surface area contributed by atoms with E-state index in [4.69, 9.17) is 16.3 Å². The van der Waals surface area contributed by atoms with E-state index in [1.807, 2.05) is 36.4 Å². The average Bonchev–Trinajstić information content (AvgIpc) is 2.56. The summed E-state index contributed by atoms with van der Waals surface area (Å²) in [4.78, 5) is 12.0. The van der Waals surface area contributed by atoms with E-state index in [-0.39, 0.29) is 12.5 Å². The van der Waals surface area contributed by atoms with Crippen LogP contribution in [0.5, 0.6) is 5.75 Å². The molecule has 0 bridgehead atoms.